The summed E-state index contributed by atoms with van der Waals surface area (Å²) in [7, 11) is 0. The molecule has 0 aromatic heterocycles. The second-order valence-electron chi connectivity index (χ2n) is 15.1. The largest absolute Gasteiger partial charge is 0.465 e. The maximum absolute atomic E-state index is 14.3. The van der Waals surface area contributed by atoms with E-state index in [4.69, 9.17) is 33.2 Å². The van der Waals surface area contributed by atoms with Crippen molar-refractivity contribution in [1.29, 1.82) is 0 Å². The van der Waals surface area contributed by atoms with E-state index in [0.717, 1.165) is 20.8 Å². The van der Waals surface area contributed by atoms with Crippen molar-refractivity contribution in [2.75, 3.05) is 6.61 Å². The Bertz CT molecular complexity index is 1980. The van der Waals surface area contributed by atoms with Crippen LogP contribution < -0.4 is 0 Å². The summed E-state index contributed by atoms with van der Waals surface area (Å²) in [6.07, 6.45) is -8.84. The van der Waals surface area contributed by atoms with Gasteiger partial charge < -0.3 is 38.3 Å². The molecule has 9 atom stereocenters. The highest BCUT2D eigenvalue weighted by Crippen LogP contribution is 2.69. The first-order chi connectivity index (χ1) is 26.4. The lowest BCUT2D eigenvalue weighted by Crippen LogP contribution is -2.85. The van der Waals surface area contributed by atoms with E-state index in [2.05, 4.69) is 0 Å². The van der Waals surface area contributed by atoms with Crippen LogP contribution in [0, 0.1) is 11.3 Å². The minimum Gasteiger partial charge on any atom is -0.465 e. The van der Waals surface area contributed by atoms with Gasteiger partial charge in [0.05, 0.1) is 33.8 Å². The van der Waals surface area contributed by atoms with Crippen LogP contribution in [0.3, 0.4) is 0 Å². The smallest absolute Gasteiger partial charge is 0.338 e. The minimum atomic E-state index is -2.36. The zero-order chi connectivity index (χ0) is 40.6. The molecule has 1 heterocycles. The molecule has 0 radical (unpaired) electrons. The van der Waals surface area contributed by atoms with E-state index in [0.29, 0.717) is 0 Å². The molecule has 1 saturated heterocycles. The Balaban J connectivity index is 1.68. The molecule has 296 valence electrons. The van der Waals surface area contributed by atoms with Gasteiger partial charge in [-0.2, -0.15) is 0 Å². The standard InChI is InChI=1S/C42H44O14/c1-24(43)50-23-41-33(51-25(2)44)30(53-36(46)27-16-10-7-11-17-27)22-40(6,49)42(41)34(52-26(3)45)31(39(4,5)56-42)32(54-37(47)28-18-12-8-13-19-28)35(41)55-38(48)29-20-14-9-15-21-29/h7-21,30-35,49H,22-23H2,1-6H3/t30-,31+,32+,33-,34+,35-,40-,41-,42-/m0/s1. The number of fused-ring (bicyclic) bond motifs is 1. The fourth-order valence-corrected chi connectivity index (χ4v) is 8.95. The first-order valence-electron chi connectivity index (χ1n) is 18.1. The van der Waals surface area contributed by atoms with Crippen molar-refractivity contribution in [3.8, 4) is 0 Å². The summed E-state index contributed by atoms with van der Waals surface area (Å²) in [6.45, 7) is 7.04. The fraction of sp³-hybridized carbons (Fsp3) is 0.429. The third-order valence-corrected chi connectivity index (χ3v) is 10.9. The molecule has 3 aromatic carbocycles. The molecule has 2 aliphatic carbocycles. The van der Waals surface area contributed by atoms with Gasteiger partial charge >= 0.3 is 35.8 Å². The van der Waals surface area contributed by atoms with Crippen LogP contribution in [0.5, 0.6) is 0 Å². The Hall–Kier alpha value is -5.60. The molecule has 3 aromatic rings. The van der Waals surface area contributed by atoms with Crippen molar-refractivity contribution in [3.63, 3.8) is 0 Å². The highest BCUT2D eigenvalue weighted by Gasteiger charge is 2.89. The number of benzene rings is 3. The first-order valence-corrected chi connectivity index (χ1v) is 18.1. The number of esters is 6. The second kappa shape index (κ2) is 15.1. The lowest BCUT2D eigenvalue weighted by Gasteiger charge is -2.66. The summed E-state index contributed by atoms with van der Waals surface area (Å²) in [6, 6.07) is 23.7. The summed E-state index contributed by atoms with van der Waals surface area (Å²) >= 11 is 0. The molecule has 0 unspecified atom stereocenters. The number of rotatable bonds is 10. The molecular formula is C42H44O14. The Morgan fingerprint density at radius 1 is 0.607 bits per heavy atom. The molecule has 2 saturated carbocycles. The van der Waals surface area contributed by atoms with Gasteiger partial charge in [0, 0.05) is 27.2 Å². The Morgan fingerprint density at radius 3 is 1.52 bits per heavy atom. The average molecular weight is 773 g/mol. The van der Waals surface area contributed by atoms with E-state index >= 15 is 0 Å². The maximum atomic E-state index is 14.3. The molecule has 14 heteroatoms. The minimum absolute atomic E-state index is 0.0608. The normalized spacial score (nSPS) is 31.1. The summed E-state index contributed by atoms with van der Waals surface area (Å²) in [5.41, 5.74) is -8.09. The van der Waals surface area contributed by atoms with E-state index in [1.807, 2.05) is 0 Å². The Morgan fingerprint density at radius 2 is 1.05 bits per heavy atom. The SMILES string of the molecule is CC(=O)OC[C@]12[C@@H](OC(=O)c3ccccc3)[C@H](OC(=O)c3ccccc3)[C@@H]3[C@@H](OC(C)=O)[C@]1(OC3(C)C)[C@@](C)(O)C[C@H](OC(=O)c1ccccc1)[C@@H]2OC(C)=O. The topological polar surface area (TPSA) is 187 Å². The van der Waals surface area contributed by atoms with Crippen LogP contribution in [-0.4, -0.2) is 94.9 Å². The van der Waals surface area contributed by atoms with Gasteiger partial charge in [-0.3, -0.25) is 14.4 Å². The lowest BCUT2D eigenvalue weighted by molar-refractivity contribution is -0.362. The molecule has 14 nitrogen and oxygen atoms in total. The van der Waals surface area contributed by atoms with E-state index in [-0.39, 0.29) is 16.7 Å². The first kappa shape index (κ1) is 40.1. The number of hydrogen-bond acceptors (Lipinski definition) is 14. The molecule has 6 rings (SSSR count). The third kappa shape index (κ3) is 6.92. The maximum Gasteiger partial charge on any atom is 0.338 e. The number of hydrogen-bond donors (Lipinski definition) is 1. The third-order valence-electron chi connectivity index (χ3n) is 10.9. The Kier molecular flexibility index (Phi) is 10.8. The van der Waals surface area contributed by atoms with Crippen molar-refractivity contribution in [3.05, 3.63) is 108 Å². The van der Waals surface area contributed by atoms with Crippen LogP contribution >= 0.6 is 0 Å². The summed E-state index contributed by atoms with van der Waals surface area (Å²) < 4.78 is 43.8. The summed E-state index contributed by atoms with van der Waals surface area (Å²) in [5, 5.41) is 13.0. The molecule has 3 fully saturated rings. The molecule has 2 bridgehead atoms. The van der Waals surface area contributed by atoms with Crippen LogP contribution in [-0.2, 0) is 47.5 Å². The van der Waals surface area contributed by atoms with Crippen molar-refractivity contribution >= 4 is 35.8 Å². The van der Waals surface area contributed by atoms with Gasteiger partial charge in [-0.05, 0) is 57.2 Å². The van der Waals surface area contributed by atoms with E-state index in [1.165, 1.54) is 43.3 Å². The number of carbonyl (C=O) groups is 6. The molecule has 1 spiro atoms. The van der Waals surface area contributed by atoms with Crippen LogP contribution in [0.25, 0.3) is 0 Å². The summed E-state index contributed by atoms with van der Waals surface area (Å²) in [5.74, 6) is -6.48. The van der Waals surface area contributed by atoms with Gasteiger partial charge in [0.15, 0.2) is 17.8 Å². The monoisotopic (exact) mass is 772 g/mol. The van der Waals surface area contributed by atoms with E-state index in [1.54, 1.807) is 68.4 Å². The van der Waals surface area contributed by atoms with Crippen molar-refractivity contribution in [2.24, 2.45) is 11.3 Å². The molecule has 1 N–H and O–H groups in total. The highest BCUT2D eigenvalue weighted by atomic mass is 16.7. The van der Waals surface area contributed by atoms with Gasteiger partial charge in [-0.1, -0.05) is 54.6 Å². The quantitative estimate of drug-likeness (QED) is 0.226. The lowest BCUT2D eigenvalue weighted by atomic mass is 9.45. The van der Waals surface area contributed by atoms with Crippen LogP contribution in [0.15, 0.2) is 91.0 Å². The predicted octanol–water partition coefficient (Wildman–Crippen LogP) is 4.41. The van der Waals surface area contributed by atoms with E-state index in [9.17, 15) is 33.9 Å². The van der Waals surface area contributed by atoms with Crippen LogP contribution in [0.4, 0.5) is 0 Å². The zero-order valence-electron chi connectivity index (χ0n) is 31.8. The van der Waals surface area contributed by atoms with E-state index < -0.39 is 107 Å². The number of aliphatic hydroxyl groups is 1. The van der Waals surface area contributed by atoms with Crippen molar-refractivity contribution in [1.82, 2.24) is 0 Å². The highest BCUT2D eigenvalue weighted by molar-refractivity contribution is 5.91. The van der Waals surface area contributed by atoms with Crippen LogP contribution in [0.1, 0.15) is 79.0 Å². The Labute approximate surface area is 323 Å². The predicted molar refractivity (Wildman–Crippen MR) is 194 cm³/mol. The molecular weight excluding hydrogens is 728 g/mol. The van der Waals surface area contributed by atoms with Gasteiger partial charge in [0.25, 0.3) is 0 Å². The van der Waals surface area contributed by atoms with Gasteiger partial charge in [-0.25, -0.2) is 14.4 Å². The van der Waals surface area contributed by atoms with Crippen molar-refractivity contribution < 1.29 is 67.0 Å². The van der Waals surface area contributed by atoms with Gasteiger partial charge in [-0.15, -0.1) is 0 Å². The van der Waals surface area contributed by atoms with Gasteiger partial charge in [0.2, 0.25) is 0 Å². The van der Waals surface area contributed by atoms with Gasteiger partial charge in [0.1, 0.15) is 30.3 Å². The molecule has 0 amide bonds. The summed E-state index contributed by atoms with van der Waals surface area (Å²) in [4.78, 5) is 81.5. The van der Waals surface area contributed by atoms with Crippen molar-refractivity contribution in [2.45, 2.75) is 95.3 Å². The molecule has 1 aliphatic heterocycles. The number of ether oxygens (including phenoxy) is 7. The molecule has 56 heavy (non-hydrogen) atoms. The van der Waals surface area contributed by atoms with Crippen LogP contribution in [0.2, 0.25) is 0 Å². The average Bonchev–Trinajstić information content (AvgIpc) is 3.35. The fourth-order valence-electron chi connectivity index (χ4n) is 8.95. The zero-order valence-corrected chi connectivity index (χ0v) is 31.8. The molecule has 3 aliphatic rings. The number of carbonyl (C=O) groups excluding carboxylic acids is 6. The second-order valence-corrected chi connectivity index (χ2v) is 15.1.